The number of rotatable bonds is 5. The summed E-state index contributed by atoms with van der Waals surface area (Å²) in [4.78, 5) is 39.2. The van der Waals surface area contributed by atoms with Gasteiger partial charge in [0.1, 0.15) is 5.82 Å². The molecule has 3 aromatic carbocycles. The predicted molar refractivity (Wildman–Crippen MR) is 119 cm³/mol. The molecule has 0 fully saturated rings. The summed E-state index contributed by atoms with van der Waals surface area (Å²) in [5.74, 6) is -1.59. The quantitative estimate of drug-likeness (QED) is 0.652. The average molecular weight is 431 g/mol. The maximum absolute atomic E-state index is 13.0. The molecule has 1 unspecified atom stereocenters. The lowest BCUT2D eigenvalue weighted by molar-refractivity contribution is -0.120. The number of hydrogen-bond donors (Lipinski definition) is 2. The highest BCUT2D eigenvalue weighted by atomic mass is 19.1. The molecule has 0 saturated carbocycles. The summed E-state index contributed by atoms with van der Waals surface area (Å²) in [6, 6.07) is 20.1. The van der Waals surface area contributed by atoms with E-state index in [1.54, 1.807) is 18.0 Å². The fourth-order valence-electron chi connectivity index (χ4n) is 3.90. The zero-order valence-electron chi connectivity index (χ0n) is 17.5. The highest BCUT2D eigenvalue weighted by molar-refractivity contribution is 6.08. The van der Waals surface area contributed by atoms with Crippen LogP contribution in [0.5, 0.6) is 0 Å². The molecule has 6 nitrogen and oxygen atoms in total. The van der Waals surface area contributed by atoms with Crippen molar-refractivity contribution >= 4 is 23.4 Å². The molecular formula is C25H22FN3O3. The smallest absolute Gasteiger partial charge is 0.258 e. The molecule has 162 valence electrons. The van der Waals surface area contributed by atoms with Crippen molar-refractivity contribution in [2.24, 2.45) is 0 Å². The zero-order valence-corrected chi connectivity index (χ0v) is 17.5. The van der Waals surface area contributed by atoms with Crippen molar-refractivity contribution in [1.29, 1.82) is 0 Å². The third kappa shape index (κ3) is 4.23. The minimum atomic E-state index is -0.461. The van der Waals surface area contributed by atoms with E-state index >= 15 is 0 Å². The molecule has 2 N–H and O–H groups in total. The second-order valence-corrected chi connectivity index (χ2v) is 7.56. The lowest BCUT2D eigenvalue weighted by atomic mass is 9.88. The second kappa shape index (κ2) is 9.01. The average Bonchev–Trinajstić information content (AvgIpc) is 2.90. The summed E-state index contributed by atoms with van der Waals surface area (Å²) >= 11 is 0. The van der Waals surface area contributed by atoms with Crippen molar-refractivity contribution in [3.05, 3.63) is 101 Å². The normalized spacial score (nSPS) is 14.8. The fraction of sp³-hybridized carbons (Fsp3) is 0.160. The van der Waals surface area contributed by atoms with E-state index in [1.165, 1.54) is 24.3 Å². The predicted octanol–water partition coefficient (Wildman–Crippen LogP) is 3.09. The van der Waals surface area contributed by atoms with E-state index in [-0.39, 0.29) is 36.4 Å². The summed E-state index contributed by atoms with van der Waals surface area (Å²) in [5.41, 5.74) is 3.42. The van der Waals surface area contributed by atoms with Crippen LogP contribution in [0, 0.1) is 5.82 Å². The highest BCUT2D eigenvalue weighted by Crippen LogP contribution is 2.37. The second-order valence-electron chi connectivity index (χ2n) is 7.56. The first-order chi connectivity index (χ1) is 15.5. The minimum absolute atomic E-state index is 0.103. The molecule has 1 heterocycles. The third-order valence-corrected chi connectivity index (χ3v) is 5.56. The Morgan fingerprint density at radius 2 is 1.56 bits per heavy atom. The lowest BCUT2D eigenvalue weighted by Gasteiger charge is -2.21. The molecule has 1 aliphatic heterocycles. The van der Waals surface area contributed by atoms with Crippen LogP contribution >= 0.6 is 0 Å². The van der Waals surface area contributed by atoms with Crippen molar-refractivity contribution in [1.82, 2.24) is 10.6 Å². The molecule has 0 saturated heterocycles. The van der Waals surface area contributed by atoms with E-state index in [0.717, 1.165) is 16.8 Å². The largest absolute Gasteiger partial charge is 0.354 e. The van der Waals surface area contributed by atoms with E-state index in [9.17, 15) is 18.8 Å². The van der Waals surface area contributed by atoms with Crippen molar-refractivity contribution < 1.29 is 18.8 Å². The van der Waals surface area contributed by atoms with E-state index in [0.29, 0.717) is 5.56 Å². The molecule has 0 spiro atoms. The van der Waals surface area contributed by atoms with Gasteiger partial charge in [-0.3, -0.25) is 14.4 Å². The summed E-state index contributed by atoms with van der Waals surface area (Å²) in [6.07, 6.45) is 0. The Bertz CT molecular complexity index is 1180. The Labute approximate surface area is 185 Å². The van der Waals surface area contributed by atoms with Crippen molar-refractivity contribution in [2.75, 3.05) is 25.0 Å². The summed E-state index contributed by atoms with van der Waals surface area (Å²) in [6.45, 7) is 0.0471. The molecule has 0 radical (unpaired) electrons. The van der Waals surface area contributed by atoms with Crippen LogP contribution in [0.2, 0.25) is 0 Å². The third-order valence-electron chi connectivity index (χ3n) is 5.56. The van der Waals surface area contributed by atoms with E-state index in [2.05, 4.69) is 10.6 Å². The van der Waals surface area contributed by atoms with E-state index in [4.69, 9.17) is 0 Å². The monoisotopic (exact) mass is 431 g/mol. The van der Waals surface area contributed by atoms with Gasteiger partial charge in [-0.2, -0.15) is 0 Å². The van der Waals surface area contributed by atoms with Crippen LogP contribution in [0.1, 0.15) is 37.8 Å². The number of hydrogen-bond acceptors (Lipinski definition) is 3. The molecule has 3 amide bonds. The van der Waals surface area contributed by atoms with E-state index < -0.39 is 11.7 Å². The topological polar surface area (TPSA) is 78.5 Å². The van der Waals surface area contributed by atoms with Gasteiger partial charge >= 0.3 is 0 Å². The van der Waals surface area contributed by atoms with Gasteiger partial charge in [0.05, 0.1) is 6.54 Å². The molecule has 7 heteroatoms. The van der Waals surface area contributed by atoms with Crippen LogP contribution < -0.4 is 15.5 Å². The number of nitrogens with one attached hydrogen (secondary N) is 2. The first-order valence-electron chi connectivity index (χ1n) is 10.2. The van der Waals surface area contributed by atoms with Gasteiger partial charge < -0.3 is 15.5 Å². The maximum Gasteiger partial charge on any atom is 0.258 e. The van der Waals surface area contributed by atoms with Crippen molar-refractivity contribution in [3.8, 4) is 0 Å². The van der Waals surface area contributed by atoms with Crippen molar-refractivity contribution in [2.45, 2.75) is 5.92 Å². The van der Waals surface area contributed by atoms with Crippen LogP contribution in [0.4, 0.5) is 10.1 Å². The number of anilines is 1. The Hall–Kier alpha value is -4.00. The summed E-state index contributed by atoms with van der Waals surface area (Å²) in [5, 5.41) is 5.40. The van der Waals surface area contributed by atoms with Gasteiger partial charge in [-0.25, -0.2) is 4.39 Å². The molecule has 1 atom stereocenters. The van der Waals surface area contributed by atoms with Crippen LogP contribution in [0.25, 0.3) is 0 Å². The Kier molecular flexibility index (Phi) is 5.98. The fourth-order valence-corrected chi connectivity index (χ4v) is 3.90. The molecule has 0 bridgehead atoms. The molecule has 4 rings (SSSR count). The highest BCUT2D eigenvalue weighted by Gasteiger charge is 2.30. The summed E-state index contributed by atoms with van der Waals surface area (Å²) < 4.78 is 13.0. The van der Waals surface area contributed by atoms with Crippen LogP contribution in [0.3, 0.4) is 0 Å². The number of fused-ring (bicyclic) bond motifs is 2. The number of amides is 3. The van der Waals surface area contributed by atoms with Gasteiger partial charge in [-0.1, -0.05) is 36.4 Å². The number of halogens is 1. The number of benzene rings is 3. The van der Waals surface area contributed by atoms with Gasteiger partial charge in [0, 0.05) is 36.3 Å². The Morgan fingerprint density at radius 1 is 0.906 bits per heavy atom. The van der Waals surface area contributed by atoms with Crippen LogP contribution in [0.15, 0.2) is 72.8 Å². The van der Waals surface area contributed by atoms with Gasteiger partial charge in [-0.05, 0) is 47.5 Å². The van der Waals surface area contributed by atoms with Gasteiger partial charge in [-0.15, -0.1) is 0 Å². The SMILES string of the molecule is CN1C(=O)c2ccccc2C(CNC(=O)CNC(=O)c2ccc(F)cc2)c2ccccc21. The first-order valence-corrected chi connectivity index (χ1v) is 10.2. The van der Waals surface area contributed by atoms with Crippen LogP contribution in [-0.4, -0.2) is 37.9 Å². The van der Waals surface area contributed by atoms with Gasteiger partial charge in [0.25, 0.3) is 11.8 Å². The summed E-state index contributed by atoms with van der Waals surface area (Å²) in [7, 11) is 1.74. The molecule has 1 aliphatic rings. The molecule has 32 heavy (non-hydrogen) atoms. The van der Waals surface area contributed by atoms with Gasteiger partial charge in [0.2, 0.25) is 5.91 Å². The number of para-hydroxylation sites is 1. The number of nitrogens with zero attached hydrogens (tertiary/aromatic N) is 1. The van der Waals surface area contributed by atoms with Crippen LogP contribution in [-0.2, 0) is 4.79 Å². The number of carbonyl (C=O) groups is 3. The molecule has 0 aliphatic carbocycles. The van der Waals surface area contributed by atoms with Crippen molar-refractivity contribution in [3.63, 3.8) is 0 Å². The minimum Gasteiger partial charge on any atom is -0.354 e. The lowest BCUT2D eigenvalue weighted by Crippen LogP contribution is -2.38. The van der Waals surface area contributed by atoms with E-state index in [1.807, 2.05) is 42.5 Å². The maximum atomic E-state index is 13.0. The number of carbonyl (C=O) groups excluding carboxylic acids is 3. The standard InChI is InChI=1S/C25H22FN3O3/c1-29-22-9-5-4-7-19(22)21(18-6-2-3-8-20(18)25(29)32)14-27-23(30)15-28-24(31)16-10-12-17(26)13-11-16/h2-13,21H,14-15H2,1H3,(H,27,30)(H,28,31). The first kappa shape index (κ1) is 21.2. The molecule has 0 aromatic heterocycles. The molecule has 3 aromatic rings. The molecular weight excluding hydrogens is 409 g/mol. The van der Waals surface area contributed by atoms with Gasteiger partial charge in [0.15, 0.2) is 0 Å². The Morgan fingerprint density at radius 3 is 2.31 bits per heavy atom. The Balaban J connectivity index is 1.49. The zero-order chi connectivity index (χ0) is 22.7.